The molecule has 2 aromatic carbocycles. The molecule has 0 saturated carbocycles. The highest BCUT2D eigenvalue weighted by Crippen LogP contribution is 2.17. The van der Waals surface area contributed by atoms with Crippen LogP contribution >= 0.6 is 0 Å². The quantitative estimate of drug-likeness (QED) is 0.517. The molecule has 0 bridgehead atoms. The third kappa shape index (κ3) is 2.55. The molecule has 0 aliphatic rings. The lowest BCUT2D eigenvalue weighted by atomic mass is 9.95. The number of carbonyl (C=O) groups is 2. The number of hydrogen-bond acceptors (Lipinski definition) is 3. The molecule has 0 saturated heterocycles. The van der Waals surface area contributed by atoms with Crippen molar-refractivity contribution in [3.8, 4) is 0 Å². The van der Waals surface area contributed by atoms with E-state index in [1.54, 1.807) is 36.4 Å². The van der Waals surface area contributed by atoms with Gasteiger partial charge >= 0.3 is 0 Å². The van der Waals surface area contributed by atoms with E-state index >= 15 is 0 Å². The van der Waals surface area contributed by atoms with Crippen molar-refractivity contribution in [2.24, 2.45) is 0 Å². The van der Waals surface area contributed by atoms with Crippen LogP contribution in [0.3, 0.4) is 0 Å². The summed E-state index contributed by atoms with van der Waals surface area (Å²) in [4.78, 5) is 24.5. The van der Waals surface area contributed by atoms with Crippen molar-refractivity contribution < 1.29 is 9.59 Å². The van der Waals surface area contributed by atoms with Gasteiger partial charge in [0.2, 0.25) is 11.6 Å². The summed E-state index contributed by atoms with van der Waals surface area (Å²) in [6.45, 7) is 1.95. The number of nitrogen functional groups attached to an aromatic ring is 1. The third-order valence-corrected chi connectivity index (χ3v) is 3.05. The molecule has 3 nitrogen and oxygen atoms in total. The summed E-state index contributed by atoms with van der Waals surface area (Å²) in [5.41, 5.74) is 7.65. The fraction of sp³-hybridized carbons (Fsp3) is 0.125. The highest BCUT2D eigenvalue weighted by atomic mass is 16.2. The summed E-state index contributed by atoms with van der Waals surface area (Å²) in [5.74, 6) is -1.06. The molecule has 0 spiro atoms. The summed E-state index contributed by atoms with van der Waals surface area (Å²) in [7, 11) is 0. The maximum Gasteiger partial charge on any atom is 0.235 e. The van der Waals surface area contributed by atoms with Crippen LogP contribution in [0.4, 0.5) is 5.69 Å². The number of para-hydroxylation sites is 1. The number of Topliss-reactive ketones (excluding diaryl/α,β-unsaturated/α-hetero) is 2. The predicted molar refractivity (Wildman–Crippen MR) is 75.3 cm³/mol. The van der Waals surface area contributed by atoms with Gasteiger partial charge in [0.05, 0.1) is 0 Å². The van der Waals surface area contributed by atoms with Gasteiger partial charge in [-0.05, 0) is 24.1 Å². The zero-order chi connectivity index (χ0) is 13.8. The number of benzene rings is 2. The van der Waals surface area contributed by atoms with E-state index in [1.807, 2.05) is 19.1 Å². The molecular weight excluding hydrogens is 238 g/mol. The van der Waals surface area contributed by atoms with Crippen molar-refractivity contribution in [3.05, 3.63) is 65.2 Å². The number of rotatable bonds is 4. The van der Waals surface area contributed by atoms with Crippen LogP contribution in [-0.2, 0) is 6.42 Å². The Morgan fingerprint density at radius 1 is 0.895 bits per heavy atom. The van der Waals surface area contributed by atoms with Gasteiger partial charge in [0.25, 0.3) is 0 Å². The Bertz CT molecular complexity index is 632. The normalized spacial score (nSPS) is 10.2. The largest absolute Gasteiger partial charge is 0.398 e. The first-order valence-corrected chi connectivity index (χ1v) is 6.16. The second-order valence-corrected chi connectivity index (χ2v) is 4.26. The molecule has 0 heterocycles. The number of ketones is 2. The van der Waals surface area contributed by atoms with Crippen molar-refractivity contribution in [1.82, 2.24) is 0 Å². The van der Waals surface area contributed by atoms with Crippen molar-refractivity contribution >= 4 is 17.3 Å². The Morgan fingerprint density at radius 3 is 2.05 bits per heavy atom. The molecule has 2 rings (SSSR count). The van der Waals surface area contributed by atoms with Gasteiger partial charge in [-0.25, -0.2) is 0 Å². The van der Waals surface area contributed by atoms with E-state index in [0.717, 1.165) is 5.56 Å². The van der Waals surface area contributed by atoms with Crippen molar-refractivity contribution in [3.63, 3.8) is 0 Å². The van der Waals surface area contributed by atoms with Crippen LogP contribution in [0.25, 0.3) is 0 Å². The first kappa shape index (κ1) is 13.0. The Kier molecular flexibility index (Phi) is 3.76. The molecule has 2 N–H and O–H groups in total. The lowest BCUT2D eigenvalue weighted by Crippen LogP contribution is -2.17. The van der Waals surface area contributed by atoms with Crippen molar-refractivity contribution in [2.45, 2.75) is 13.3 Å². The molecule has 96 valence electrons. The van der Waals surface area contributed by atoms with Gasteiger partial charge in [0.15, 0.2) is 0 Å². The van der Waals surface area contributed by atoms with E-state index in [-0.39, 0.29) is 5.56 Å². The molecule has 0 radical (unpaired) electrons. The molecule has 0 fully saturated rings. The molecule has 2 aromatic rings. The average Bonchev–Trinajstić information content (AvgIpc) is 2.46. The number of carbonyl (C=O) groups excluding carboxylic acids is 2. The van der Waals surface area contributed by atoms with Crippen LogP contribution in [0.5, 0.6) is 0 Å². The van der Waals surface area contributed by atoms with Crippen LogP contribution in [0.15, 0.2) is 48.5 Å². The number of hydrogen-bond donors (Lipinski definition) is 1. The Balaban J connectivity index is 2.40. The van der Waals surface area contributed by atoms with E-state index in [2.05, 4.69) is 0 Å². The predicted octanol–water partition coefficient (Wildman–Crippen LogP) is 2.90. The first-order valence-electron chi connectivity index (χ1n) is 6.16. The molecule has 0 unspecified atom stereocenters. The minimum atomic E-state index is -0.556. The zero-order valence-corrected chi connectivity index (χ0v) is 10.7. The van der Waals surface area contributed by atoms with E-state index < -0.39 is 11.6 Å². The monoisotopic (exact) mass is 253 g/mol. The lowest BCUT2D eigenvalue weighted by Gasteiger charge is -2.07. The van der Waals surface area contributed by atoms with Crippen LogP contribution in [0.2, 0.25) is 0 Å². The summed E-state index contributed by atoms with van der Waals surface area (Å²) in [5, 5.41) is 0. The minimum Gasteiger partial charge on any atom is -0.398 e. The molecule has 0 atom stereocenters. The van der Waals surface area contributed by atoms with Crippen LogP contribution in [0, 0.1) is 0 Å². The number of nitrogens with two attached hydrogens (primary N) is 1. The summed E-state index contributed by atoms with van der Waals surface area (Å²) in [6.07, 6.45) is 0.708. The van der Waals surface area contributed by atoms with E-state index in [1.165, 1.54) is 0 Å². The SMILES string of the molecule is CCc1ccccc1C(=O)C(=O)c1ccccc1N. The molecular formula is C16H15NO2. The van der Waals surface area contributed by atoms with E-state index in [9.17, 15) is 9.59 Å². The van der Waals surface area contributed by atoms with Crippen LogP contribution < -0.4 is 5.73 Å². The molecule has 3 heteroatoms. The second kappa shape index (κ2) is 5.48. The summed E-state index contributed by atoms with van der Waals surface area (Å²) < 4.78 is 0. The van der Waals surface area contributed by atoms with Crippen LogP contribution in [-0.4, -0.2) is 11.6 Å². The van der Waals surface area contributed by atoms with Gasteiger partial charge in [0, 0.05) is 16.8 Å². The van der Waals surface area contributed by atoms with Crippen molar-refractivity contribution in [1.29, 1.82) is 0 Å². The average molecular weight is 253 g/mol. The number of anilines is 1. The first-order chi connectivity index (χ1) is 9.15. The molecule has 0 amide bonds. The maximum atomic E-state index is 12.3. The molecule has 0 aromatic heterocycles. The Hall–Kier alpha value is -2.42. The summed E-state index contributed by atoms with van der Waals surface area (Å²) in [6, 6.07) is 13.8. The van der Waals surface area contributed by atoms with Gasteiger partial charge in [-0.1, -0.05) is 43.3 Å². The molecule has 19 heavy (non-hydrogen) atoms. The fourth-order valence-electron chi connectivity index (χ4n) is 2.00. The number of aryl methyl sites for hydroxylation is 1. The van der Waals surface area contributed by atoms with Crippen LogP contribution in [0.1, 0.15) is 33.2 Å². The minimum absolute atomic E-state index is 0.262. The highest BCUT2D eigenvalue weighted by Gasteiger charge is 2.21. The topological polar surface area (TPSA) is 60.2 Å². The molecule has 0 aliphatic carbocycles. The fourth-order valence-corrected chi connectivity index (χ4v) is 2.00. The zero-order valence-electron chi connectivity index (χ0n) is 10.7. The van der Waals surface area contributed by atoms with Gasteiger partial charge in [-0.3, -0.25) is 9.59 Å². The standard InChI is InChI=1S/C16H15NO2/c1-2-11-7-3-4-8-12(11)15(18)16(19)13-9-5-6-10-14(13)17/h3-10H,2,17H2,1H3. The van der Waals surface area contributed by atoms with Gasteiger partial charge in [0.1, 0.15) is 0 Å². The van der Waals surface area contributed by atoms with E-state index in [4.69, 9.17) is 5.73 Å². The highest BCUT2D eigenvalue weighted by molar-refractivity contribution is 6.50. The van der Waals surface area contributed by atoms with E-state index in [0.29, 0.717) is 17.7 Å². The lowest BCUT2D eigenvalue weighted by molar-refractivity contribution is 0.0817. The summed E-state index contributed by atoms with van der Waals surface area (Å²) >= 11 is 0. The van der Waals surface area contributed by atoms with Gasteiger partial charge < -0.3 is 5.73 Å². The van der Waals surface area contributed by atoms with Gasteiger partial charge in [-0.2, -0.15) is 0 Å². The Labute approximate surface area is 112 Å². The smallest absolute Gasteiger partial charge is 0.235 e. The van der Waals surface area contributed by atoms with Crippen molar-refractivity contribution in [2.75, 3.05) is 5.73 Å². The second-order valence-electron chi connectivity index (χ2n) is 4.26. The maximum absolute atomic E-state index is 12.3. The van der Waals surface area contributed by atoms with Gasteiger partial charge in [-0.15, -0.1) is 0 Å². The third-order valence-electron chi connectivity index (χ3n) is 3.05. The molecule has 0 aliphatic heterocycles. The Morgan fingerprint density at radius 2 is 1.42 bits per heavy atom.